The first kappa shape index (κ1) is 25.9. The quantitative estimate of drug-likeness (QED) is 0.254. The summed E-state index contributed by atoms with van der Waals surface area (Å²) in [5.41, 5.74) is 3.87. The molecule has 1 fully saturated rings. The molecule has 0 saturated heterocycles. The Bertz CT molecular complexity index is 741. The van der Waals surface area contributed by atoms with Crippen LogP contribution in [0.2, 0.25) is 0 Å². The molecular formula is C31H48N2. The molecule has 1 aliphatic carbocycles. The van der Waals surface area contributed by atoms with Gasteiger partial charge in [-0.15, -0.1) is 0 Å². The van der Waals surface area contributed by atoms with E-state index in [2.05, 4.69) is 48.1 Å². The monoisotopic (exact) mass is 448 g/mol. The van der Waals surface area contributed by atoms with E-state index in [1.807, 2.05) is 12.4 Å². The van der Waals surface area contributed by atoms with E-state index in [1.165, 1.54) is 114 Å². The molecular weight excluding hydrogens is 400 g/mol. The summed E-state index contributed by atoms with van der Waals surface area (Å²) in [7, 11) is 0. The first-order valence-electron chi connectivity index (χ1n) is 14.2. The van der Waals surface area contributed by atoms with Crippen molar-refractivity contribution in [2.75, 3.05) is 0 Å². The second kappa shape index (κ2) is 15.3. The van der Waals surface area contributed by atoms with Gasteiger partial charge in [0, 0.05) is 18.0 Å². The van der Waals surface area contributed by atoms with Crippen LogP contribution in [0.1, 0.15) is 121 Å². The maximum Gasteiger partial charge on any atom is 0.159 e. The number of hydrogen-bond donors (Lipinski definition) is 0. The summed E-state index contributed by atoms with van der Waals surface area (Å²) >= 11 is 0. The standard InChI is InChI=1S/C31H48N2/c1-3-5-7-8-9-10-11-13-29-24-32-31(33-25-29)30-22-20-28(21-23-30)19-18-27-16-14-26(15-17-27)12-6-4-2/h20-27H,3-19H2,1-2H3/t26-,27-. The van der Waals surface area contributed by atoms with Gasteiger partial charge < -0.3 is 0 Å². The molecule has 0 bridgehead atoms. The summed E-state index contributed by atoms with van der Waals surface area (Å²) in [6.07, 6.45) is 27.2. The number of rotatable bonds is 15. The van der Waals surface area contributed by atoms with Gasteiger partial charge in [-0.25, -0.2) is 9.97 Å². The molecule has 0 radical (unpaired) electrons. The van der Waals surface area contributed by atoms with Crippen LogP contribution >= 0.6 is 0 Å². The first-order valence-corrected chi connectivity index (χ1v) is 14.2. The second-order valence-electron chi connectivity index (χ2n) is 10.6. The highest BCUT2D eigenvalue weighted by molar-refractivity contribution is 5.55. The van der Waals surface area contributed by atoms with Gasteiger partial charge in [0.25, 0.3) is 0 Å². The van der Waals surface area contributed by atoms with E-state index in [0.717, 1.165) is 29.6 Å². The molecule has 2 heteroatoms. The zero-order valence-electron chi connectivity index (χ0n) is 21.5. The maximum atomic E-state index is 4.65. The fraction of sp³-hybridized carbons (Fsp3) is 0.677. The molecule has 2 nitrogen and oxygen atoms in total. The van der Waals surface area contributed by atoms with E-state index in [-0.39, 0.29) is 0 Å². The van der Waals surface area contributed by atoms with Gasteiger partial charge in [-0.1, -0.05) is 122 Å². The predicted molar refractivity (Wildman–Crippen MR) is 142 cm³/mol. The van der Waals surface area contributed by atoms with Crippen LogP contribution in [-0.2, 0) is 12.8 Å². The topological polar surface area (TPSA) is 25.8 Å². The van der Waals surface area contributed by atoms with Gasteiger partial charge in [0.1, 0.15) is 0 Å². The van der Waals surface area contributed by atoms with Crippen molar-refractivity contribution >= 4 is 0 Å². The lowest BCUT2D eigenvalue weighted by molar-refractivity contribution is 0.250. The van der Waals surface area contributed by atoms with Crippen molar-refractivity contribution in [3.8, 4) is 11.4 Å². The molecule has 0 unspecified atom stereocenters. The van der Waals surface area contributed by atoms with Crippen LogP contribution < -0.4 is 0 Å². The molecule has 1 aromatic carbocycles. The van der Waals surface area contributed by atoms with Crippen LogP contribution in [0.25, 0.3) is 11.4 Å². The maximum absolute atomic E-state index is 4.65. The second-order valence-corrected chi connectivity index (χ2v) is 10.6. The molecule has 2 aromatic rings. The predicted octanol–water partition coefficient (Wildman–Crippen LogP) is 9.37. The molecule has 1 aromatic heterocycles. The number of aryl methyl sites for hydroxylation is 2. The zero-order valence-corrected chi connectivity index (χ0v) is 21.5. The Balaban J connectivity index is 1.35. The van der Waals surface area contributed by atoms with E-state index < -0.39 is 0 Å². The number of nitrogens with zero attached hydrogens (tertiary/aromatic N) is 2. The highest BCUT2D eigenvalue weighted by atomic mass is 14.9. The Morgan fingerprint density at radius 3 is 1.82 bits per heavy atom. The van der Waals surface area contributed by atoms with Crippen molar-refractivity contribution in [2.24, 2.45) is 11.8 Å². The SMILES string of the molecule is CCCCCCCCCc1cnc(-c2ccc(CC[C@H]3CC[C@H](CCCC)CC3)cc2)nc1. The van der Waals surface area contributed by atoms with E-state index in [9.17, 15) is 0 Å². The number of hydrogen-bond acceptors (Lipinski definition) is 2. The van der Waals surface area contributed by atoms with E-state index in [1.54, 1.807) is 0 Å². The minimum Gasteiger partial charge on any atom is -0.236 e. The third-order valence-electron chi connectivity index (χ3n) is 7.76. The molecule has 1 aliphatic rings. The van der Waals surface area contributed by atoms with Crippen molar-refractivity contribution in [1.29, 1.82) is 0 Å². The fourth-order valence-corrected chi connectivity index (χ4v) is 5.41. The Hall–Kier alpha value is -1.70. The lowest BCUT2D eigenvalue weighted by atomic mass is 9.78. The third kappa shape index (κ3) is 9.59. The van der Waals surface area contributed by atoms with Gasteiger partial charge in [0.05, 0.1) is 0 Å². The third-order valence-corrected chi connectivity index (χ3v) is 7.76. The van der Waals surface area contributed by atoms with Crippen LogP contribution in [0.5, 0.6) is 0 Å². The zero-order chi connectivity index (χ0) is 23.1. The molecule has 0 N–H and O–H groups in total. The number of aromatic nitrogens is 2. The summed E-state index contributed by atoms with van der Waals surface area (Å²) in [6, 6.07) is 9.00. The fourth-order valence-electron chi connectivity index (χ4n) is 5.41. The van der Waals surface area contributed by atoms with Gasteiger partial charge in [-0.05, 0) is 48.6 Å². The summed E-state index contributed by atoms with van der Waals surface area (Å²) in [5, 5.41) is 0. The Morgan fingerprint density at radius 2 is 1.18 bits per heavy atom. The Labute approximate surface area is 204 Å². The van der Waals surface area contributed by atoms with Crippen LogP contribution in [0.15, 0.2) is 36.7 Å². The van der Waals surface area contributed by atoms with E-state index in [4.69, 9.17) is 0 Å². The van der Waals surface area contributed by atoms with E-state index >= 15 is 0 Å². The summed E-state index contributed by atoms with van der Waals surface area (Å²) < 4.78 is 0. The molecule has 0 atom stereocenters. The lowest BCUT2D eigenvalue weighted by Gasteiger charge is -2.28. The van der Waals surface area contributed by atoms with Gasteiger partial charge in [0.2, 0.25) is 0 Å². The van der Waals surface area contributed by atoms with Crippen LogP contribution in [0.4, 0.5) is 0 Å². The first-order chi connectivity index (χ1) is 16.3. The van der Waals surface area contributed by atoms with Gasteiger partial charge >= 0.3 is 0 Å². The van der Waals surface area contributed by atoms with Crippen molar-refractivity contribution in [2.45, 2.75) is 123 Å². The lowest BCUT2D eigenvalue weighted by Crippen LogP contribution is -2.15. The van der Waals surface area contributed by atoms with Crippen LogP contribution in [0.3, 0.4) is 0 Å². The van der Waals surface area contributed by atoms with Crippen LogP contribution in [-0.4, -0.2) is 9.97 Å². The number of benzene rings is 1. The van der Waals surface area contributed by atoms with Gasteiger partial charge in [0.15, 0.2) is 5.82 Å². The normalized spacial score (nSPS) is 18.5. The van der Waals surface area contributed by atoms with Gasteiger partial charge in [-0.3, -0.25) is 0 Å². The molecule has 1 heterocycles. The molecule has 0 spiro atoms. The minimum atomic E-state index is 0.857. The average Bonchev–Trinajstić information content (AvgIpc) is 2.87. The van der Waals surface area contributed by atoms with Crippen molar-refractivity contribution in [3.05, 3.63) is 47.8 Å². The molecule has 182 valence electrons. The highest BCUT2D eigenvalue weighted by Crippen LogP contribution is 2.34. The summed E-state index contributed by atoms with van der Waals surface area (Å²) in [4.78, 5) is 9.31. The van der Waals surface area contributed by atoms with Crippen molar-refractivity contribution in [3.63, 3.8) is 0 Å². The number of unbranched alkanes of at least 4 members (excludes halogenated alkanes) is 7. The van der Waals surface area contributed by atoms with Crippen molar-refractivity contribution in [1.82, 2.24) is 9.97 Å². The molecule has 1 saturated carbocycles. The molecule has 0 aliphatic heterocycles. The largest absolute Gasteiger partial charge is 0.236 e. The van der Waals surface area contributed by atoms with Gasteiger partial charge in [-0.2, -0.15) is 0 Å². The average molecular weight is 449 g/mol. The Morgan fingerprint density at radius 1 is 0.606 bits per heavy atom. The minimum absolute atomic E-state index is 0.857. The molecule has 3 rings (SSSR count). The summed E-state index contributed by atoms with van der Waals surface area (Å²) in [5.74, 6) is 2.81. The van der Waals surface area contributed by atoms with Crippen molar-refractivity contribution < 1.29 is 0 Å². The molecule has 0 amide bonds. The highest BCUT2D eigenvalue weighted by Gasteiger charge is 2.20. The summed E-state index contributed by atoms with van der Waals surface area (Å²) in [6.45, 7) is 4.59. The van der Waals surface area contributed by atoms with E-state index in [0.29, 0.717) is 0 Å². The molecule has 33 heavy (non-hydrogen) atoms. The Kier molecular flexibility index (Phi) is 12.0. The smallest absolute Gasteiger partial charge is 0.159 e. The van der Waals surface area contributed by atoms with Crippen LogP contribution in [0, 0.1) is 11.8 Å².